The van der Waals surface area contributed by atoms with Gasteiger partial charge in [0.15, 0.2) is 0 Å². The number of allylic oxidation sites excluding steroid dienone is 5. The van der Waals surface area contributed by atoms with Gasteiger partial charge in [-0.3, -0.25) is 0 Å². The van der Waals surface area contributed by atoms with E-state index in [1.54, 1.807) is 0 Å². The first kappa shape index (κ1) is 10.1. The smallest absolute Gasteiger partial charge is 0.0358 e. The van der Waals surface area contributed by atoms with Crippen molar-refractivity contribution < 1.29 is 0 Å². The highest BCUT2D eigenvalue weighted by atomic mass is 15.1. The van der Waals surface area contributed by atoms with Gasteiger partial charge in [-0.05, 0) is 18.6 Å². The molecule has 1 aliphatic rings. The lowest BCUT2D eigenvalue weighted by Gasteiger charge is -2.18. The molecule has 0 bridgehead atoms. The summed E-state index contributed by atoms with van der Waals surface area (Å²) in [6.45, 7) is 4.47. The normalized spacial score (nSPS) is 26.9. The number of rotatable bonds is 2. The summed E-state index contributed by atoms with van der Waals surface area (Å²) in [4.78, 5) is 2.13. The van der Waals surface area contributed by atoms with Crippen LogP contribution in [-0.4, -0.2) is 19.0 Å². The Morgan fingerprint density at radius 1 is 1.31 bits per heavy atom. The van der Waals surface area contributed by atoms with Crippen LogP contribution in [0.3, 0.4) is 0 Å². The van der Waals surface area contributed by atoms with Gasteiger partial charge in [-0.1, -0.05) is 32.1 Å². The summed E-state index contributed by atoms with van der Waals surface area (Å²) in [7, 11) is 4.14. The van der Waals surface area contributed by atoms with Gasteiger partial charge >= 0.3 is 0 Å². The van der Waals surface area contributed by atoms with E-state index >= 15 is 0 Å². The van der Waals surface area contributed by atoms with Crippen molar-refractivity contribution >= 4 is 0 Å². The van der Waals surface area contributed by atoms with E-state index in [1.807, 2.05) is 0 Å². The van der Waals surface area contributed by atoms with Gasteiger partial charge in [0, 0.05) is 25.2 Å². The van der Waals surface area contributed by atoms with Crippen molar-refractivity contribution in [3.05, 3.63) is 36.1 Å². The molecule has 0 fully saturated rings. The van der Waals surface area contributed by atoms with Crippen LogP contribution in [-0.2, 0) is 0 Å². The summed E-state index contributed by atoms with van der Waals surface area (Å²) in [5.74, 6) is 0. The predicted octanol–water partition coefficient (Wildman–Crippen LogP) is 2.97. The lowest BCUT2D eigenvalue weighted by molar-refractivity contribution is 0.517. The zero-order valence-corrected chi connectivity index (χ0v) is 9.04. The molecule has 0 saturated heterocycles. The minimum atomic E-state index is 0.230. The maximum Gasteiger partial charge on any atom is 0.0358 e. The number of nitrogens with zero attached hydrogens (tertiary/aromatic N) is 1. The summed E-state index contributed by atoms with van der Waals surface area (Å²) >= 11 is 0. The van der Waals surface area contributed by atoms with Crippen molar-refractivity contribution in [1.29, 1.82) is 0 Å². The van der Waals surface area contributed by atoms with Crippen molar-refractivity contribution in [2.24, 2.45) is 5.41 Å². The largest absolute Gasteiger partial charge is 0.378 e. The number of likely N-dealkylation sites (N-methyl/N-ethyl adjacent to an activating group) is 1. The SMILES string of the molecule is CCC1(C)C=CC=C(N(C)C)C=C1. The van der Waals surface area contributed by atoms with Crippen LogP contribution in [0, 0.1) is 5.41 Å². The Kier molecular flexibility index (Phi) is 2.97. The highest BCUT2D eigenvalue weighted by Crippen LogP contribution is 2.27. The zero-order valence-electron chi connectivity index (χ0n) is 9.04. The van der Waals surface area contributed by atoms with E-state index in [2.05, 4.69) is 63.2 Å². The Bertz CT molecular complexity index is 258. The van der Waals surface area contributed by atoms with Crippen LogP contribution in [0.25, 0.3) is 0 Å². The molecule has 72 valence electrons. The average Bonchev–Trinajstić information content (AvgIpc) is 2.28. The lowest BCUT2D eigenvalue weighted by atomic mass is 9.87. The lowest BCUT2D eigenvalue weighted by Crippen LogP contribution is -2.10. The Balaban J connectivity index is 2.86. The van der Waals surface area contributed by atoms with Crippen molar-refractivity contribution in [2.75, 3.05) is 14.1 Å². The fourth-order valence-corrected chi connectivity index (χ4v) is 1.29. The monoisotopic (exact) mass is 177 g/mol. The molecule has 0 radical (unpaired) electrons. The second-order valence-electron chi connectivity index (χ2n) is 4.04. The first-order valence-corrected chi connectivity index (χ1v) is 4.83. The minimum Gasteiger partial charge on any atom is -0.378 e. The maximum absolute atomic E-state index is 2.28. The van der Waals surface area contributed by atoms with E-state index in [0.717, 1.165) is 6.42 Å². The highest BCUT2D eigenvalue weighted by molar-refractivity contribution is 5.30. The summed E-state index contributed by atoms with van der Waals surface area (Å²) in [6.07, 6.45) is 12.2. The van der Waals surface area contributed by atoms with Crippen LogP contribution in [0.2, 0.25) is 0 Å². The van der Waals surface area contributed by atoms with Gasteiger partial charge in [0.1, 0.15) is 0 Å². The topological polar surface area (TPSA) is 3.24 Å². The molecule has 0 aliphatic heterocycles. The molecular formula is C12H19N. The van der Waals surface area contributed by atoms with Gasteiger partial charge in [-0.15, -0.1) is 0 Å². The Hall–Kier alpha value is -0.980. The van der Waals surface area contributed by atoms with Gasteiger partial charge < -0.3 is 4.90 Å². The second kappa shape index (κ2) is 3.82. The summed E-state index contributed by atoms with van der Waals surface area (Å²) in [5.41, 5.74) is 1.49. The third kappa shape index (κ3) is 2.48. The average molecular weight is 177 g/mol. The number of hydrogen-bond acceptors (Lipinski definition) is 1. The molecule has 0 amide bonds. The predicted molar refractivity (Wildman–Crippen MR) is 58.4 cm³/mol. The van der Waals surface area contributed by atoms with Crippen LogP contribution < -0.4 is 0 Å². The van der Waals surface area contributed by atoms with Crippen LogP contribution in [0.5, 0.6) is 0 Å². The van der Waals surface area contributed by atoms with E-state index in [1.165, 1.54) is 5.70 Å². The van der Waals surface area contributed by atoms with Crippen LogP contribution in [0.1, 0.15) is 20.3 Å². The van der Waals surface area contributed by atoms with Gasteiger partial charge in [-0.2, -0.15) is 0 Å². The van der Waals surface area contributed by atoms with E-state index in [4.69, 9.17) is 0 Å². The molecule has 1 atom stereocenters. The molecule has 1 aliphatic carbocycles. The summed E-state index contributed by atoms with van der Waals surface area (Å²) in [5, 5.41) is 0. The molecule has 1 nitrogen and oxygen atoms in total. The molecule has 1 unspecified atom stereocenters. The Labute approximate surface area is 81.4 Å². The fraction of sp³-hybridized carbons (Fsp3) is 0.500. The standard InChI is InChI=1S/C12H19N/c1-5-12(2)9-6-7-11(8-10-12)13(3)4/h6-10H,5H2,1-4H3. The molecular weight excluding hydrogens is 158 g/mol. The van der Waals surface area contributed by atoms with Gasteiger partial charge in [0.25, 0.3) is 0 Å². The van der Waals surface area contributed by atoms with E-state index in [9.17, 15) is 0 Å². The number of hydrogen-bond donors (Lipinski definition) is 0. The first-order chi connectivity index (χ1) is 6.07. The zero-order chi connectivity index (χ0) is 9.90. The fourth-order valence-electron chi connectivity index (χ4n) is 1.29. The molecule has 0 N–H and O–H groups in total. The Morgan fingerprint density at radius 3 is 2.54 bits per heavy atom. The van der Waals surface area contributed by atoms with Gasteiger partial charge in [0.2, 0.25) is 0 Å². The molecule has 0 aromatic carbocycles. The van der Waals surface area contributed by atoms with Crippen molar-refractivity contribution in [3.63, 3.8) is 0 Å². The van der Waals surface area contributed by atoms with E-state index < -0.39 is 0 Å². The molecule has 0 spiro atoms. The van der Waals surface area contributed by atoms with Crippen molar-refractivity contribution in [2.45, 2.75) is 20.3 Å². The molecule has 0 heterocycles. The van der Waals surface area contributed by atoms with Crippen LogP contribution in [0.15, 0.2) is 36.1 Å². The van der Waals surface area contributed by atoms with Gasteiger partial charge in [-0.25, -0.2) is 0 Å². The van der Waals surface area contributed by atoms with Crippen LogP contribution in [0.4, 0.5) is 0 Å². The van der Waals surface area contributed by atoms with E-state index in [0.29, 0.717) is 0 Å². The molecule has 1 rings (SSSR count). The minimum absolute atomic E-state index is 0.230. The molecule has 1 heteroatoms. The summed E-state index contributed by atoms with van der Waals surface area (Å²) < 4.78 is 0. The van der Waals surface area contributed by atoms with Crippen LogP contribution >= 0.6 is 0 Å². The molecule has 13 heavy (non-hydrogen) atoms. The van der Waals surface area contributed by atoms with E-state index in [-0.39, 0.29) is 5.41 Å². The van der Waals surface area contributed by atoms with Crippen molar-refractivity contribution in [3.8, 4) is 0 Å². The summed E-state index contributed by atoms with van der Waals surface area (Å²) in [6, 6.07) is 0. The third-order valence-electron chi connectivity index (χ3n) is 2.66. The molecule has 0 aromatic heterocycles. The molecule has 0 saturated carbocycles. The third-order valence-corrected chi connectivity index (χ3v) is 2.66. The van der Waals surface area contributed by atoms with Gasteiger partial charge in [0.05, 0.1) is 0 Å². The molecule has 0 aromatic rings. The maximum atomic E-state index is 2.28. The van der Waals surface area contributed by atoms with Crippen molar-refractivity contribution in [1.82, 2.24) is 4.90 Å². The second-order valence-corrected chi connectivity index (χ2v) is 4.04. The Morgan fingerprint density at radius 2 is 2.00 bits per heavy atom. The quantitative estimate of drug-likeness (QED) is 0.627. The highest BCUT2D eigenvalue weighted by Gasteiger charge is 2.15. The first-order valence-electron chi connectivity index (χ1n) is 4.83.